The van der Waals surface area contributed by atoms with Gasteiger partial charge in [-0.1, -0.05) is 19.9 Å². The Balaban J connectivity index is 2.43. The third kappa shape index (κ3) is 6.07. The molecule has 2 amide bonds. The van der Waals surface area contributed by atoms with E-state index in [1.165, 1.54) is 0 Å². The molecule has 5 heteroatoms. The Morgan fingerprint density at radius 3 is 2.68 bits per heavy atom. The Kier molecular flexibility index (Phi) is 6.31. The van der Waals surface area contributed by atoms with Crippen LogP contribution in [0, 0.1) is 12.8 Å². The quantitative estimate of drug-likeness (QED) is 0.776. The van der Waals surface area contributed by atoms with Crippen molar-refractivity contribution in [3.05, 3.63) is 28.2 Å². The molecule has 0 aliphatic carbocycles. The average molecular weight is 329 g/mol. The zero-order valence-electron chi connectivity index (χ0n) is 11.5. The van der Waals surface area contributed by atoms with Gasteiger partial charge < -0.3 is 15.7 Å². The average Bonchev–Trinajstić information content (AvgIpc) is 2.29. The van der Waals surface area contributed by atoms with Crippen LogP contribution in [-0.4, -0.2) is 23.8 Å². The molecule has 0 saturated heterocycles. The fourth-order valence-corrected chi connectivity index (χ4v) is 2.32. The molecule has 106 valence electrons. The summed E-state index contributed by atoms with van der Waals surface area (Å²) in [6.45, 7) is 6.31. The zero-order chi connectivity index (χ0) is 14.4. The van der Waals surface area contributed by atoms with Crippen molar-refractivity contribution in [1.82, 2.24) is 5.32 Å². The number of urea groups is 1. The van der Waals surface area contributed by atoms with Crippen molar-refractivity contribution in [2.75, 3.05) is 11.9 Å². The number of amides is 2. The number of hydrogen-bond donors (Lipinski definition) is 3. The maximum Gasteiger partial charge on any atom is 0.319 e. The first-order valence-electron chi connectivity index (χ1n) is 6.37. The van der Waals surface area contributed by atoms with Gasteiger partial charge in [0.15, 0.2) is 0 Å². The summed E-state index contributed by atoms with van der Waals surface area (Å²) in [5.41, 5.74) is 1.83. The standard InChI is InChI=1S/C14H21BrN2O2/c1-9(2)6-11(18)8-16-14(19)17-13-5-4-10(3)7-12(13)15/h4-5,7,9,11,18H,6,8H2,1-3H3,(H2,16,17,19). The van der Waals surface area contributed by atoms with E-state index < -0.39 is 6.10 Å². The summed E-state index contributed by atoms with van der Waals surface area (Å²) in [4.78, 5) is 11.7. The highest BCUT2D eigenvalue weighted by atomic mass is 79.9. The molecule has 1 atom stereocenters. The number of aryl methyl sites for hydroxylation is 1. The molecule has 1 unspecified atom stereocenters. The van der Waals surface area contributed by atoms with E-state index in [2.05, 4.69) is 26.6 Å². The lowest BCUT2D eigenvalue weighted by molar-refractivity contribution is 0.148. The molecule has 1 aromatic carbocycles. The van der Waals surface area contributed by atoms with Gasteiger partial charge >= 0.3 is 6.03 Å². The number of aliphatic hydroxyl groups is 1. The Hall–Kier alpha value is -1.07. The number of carbonyl (C=O) groups is 1. The second-order valence-electron chi connectivity index (χ2n) is 5.10. The van der Waals surface area contributed by atoms with Gasteiger partial charge in [-0.25, -0.2) is 4.79 Å². The number of rotatable bonds is 5. The van der Waals surface area contributed by atoms with Gasteiger partial charge in [-0.05, 0) is 52.9 Å². The summed E-state index contributed by atoms with van der Waals surface area (Å²) < 4.78 is 0.838. The predicted molar refractivity (Wildman–Crippen MR) is 81.4 cm³/mol. The maximum atomic E-state index is 11.7. The minimum Gasteiger partial charge on any atom is -0.391 e. The van der Waals surface area contributed by atoms with E-state index in [1.54, 1.807) is 0 Å². The van der Waals surface area contributed by atoms with Crippen molar-refractivity contribution in [1.29, 1.82) is 0 Å². The van der Waals surface area contributed by atoms with Crippen molar-refractivity contribution in [2.24, 2.45) is 5.92 Å². The zero-order valence-corrected chi connectivity index (χ0v) is 13.1. The highest BCUT2D eigenvalue weighted by Crippen LogP contribution is 2.23. The Bertz CT molecular complexity index is 435. The molecule has 0 saturated carbocycles. The smallest absolute Gasteiger partial charge is 0.319 e. The molecule has 0 aliphatic rings. The van der Waals surface area contributed by atoms with Gasteiger partial charge in [-0.2, -0.15) is 0 Å². The number of nitrogens with one attached hydrogen (secondary N) is 2. The van der Waals surface area contributed by atoms with Crippen molar-refractivity contribution in [3.63, 3.8) is 0 Å². The molecule has 0 heterocycles. The highest BCUT2D eigenvalue weighted by molar-refractivity contribution is 9.10. The van der Waals surface area contributed by atoms with Crippen LogP contribution < -0.4 is 10.6 Å². The lowest BCUT2D eigenvalue weighted by Crippen LogP contribution is -2.35. The number of aliphatic hydroxyl groups excluding tert-OH is 1. The summed E-state index contributed by atoms with van der Waals surface area (Å²) in [5, 5.41) is 15.1. The Morgan fingerprint density at radius 2 is 2.11 bits per heavy atom. The van der Waals surface area contributed by atoms with Crippen LogP contribution in [0.2, 0.25) is 0 Å². The minimum atomic E-state index is -0.507. The molecule has 0 aromatic heterocycles. The molecule has 1 aromatic rings. The maximum absolute atomic E-state index is 11.7. The number of anilines is 1. The molecule has 4 nitrogen and oxygen atoms in total. The second kappa shape index (κ2) is 7.50. The van der Waals surface area contributed by atoms with Crippen molar-refractivity contribution in [3.8, 4) is 0 Å². The molecular formula is C14H21BrN2O2. The molecule has 0 aliphatic heterocycles. The van der Waals surface area contributed by atoms with E-state index in [0.29, 0.717) is 18.0 Å². The van der Waals surface area contributed by atoms with E-state index in [1.807, 2.05) is 39.0 Å². The number of hydrogen-bond acceptors (Lipinski definition) is 2. The van der Waals surface area contributed by atoms with Gasteiger partial charge in [0.2, 0.25) is 0 Å². The first-order chi connectivity index (χ1) is 8.88. The normalized spacial score (nSPS) is 12.3. The predicted octanol–water partition coefficient (Wildman–Crippen LogP) is 3.29. The first kappa shape index (κ1) is 16.0. The van der Waals surface area contributed by atoms with Gasteiger partial charge in [0.05, 0.1) is 11.8 Å². The second-order valence-corrected chi connectivity index (χ2v) is 5.96. The molecule has 1 rings (SSSR count). The van der Waals surface area contributed by atoms with Crippen molar-refractivity contribution < 1.29 is 9.90 Å². The molecular weight excluding hydrogens is 308 g/mol. The van der Waals surface area contributed by atoms with Gasteiger partial charge in [0, 0.05) is 11.0 Å². The number of benzene rings is 1. The van der Waals surface area contributed by atoms with Crippen LogP contribution in [0.15, 0.2) is 22.7 Å². The van der Waals surface area contributed by atoms with Crippen LogP contribution in [-0.2, 0) is 0 Å². The lowest BCUT2D eigenvalue weighted by atomic mass is 10.1. The molecule has 3 N–H and O–H groups in total. The minimum absolute atomic E-state index is 0.257. The highest BCUT2D eigenvalue weighted by Gasteiger charge is 2.10. The molecule has 0 spiro atoms. The lowest BCUT2D eigenvalue weighted by Gasteiger charge is -2.14. The third-order valence-electron chi connectivity index (χ3n) is 2.61. The molecule has 19 heavy (non-hydrogen) atoms. The van der Waals surface area contributed by atoms with Crippen molar-refractivity contribution in [2.45, 2.75) is 33.3 Å². The molecule has 0 bridgehead atoms. The third-order valence-corrected chi connectivity index (χ3v) is 3.27. The Labute approximate surface area is 122 Å². The largest absolute Gasteiger partial charge is 0.391 e. The summed E-state index contributed by atoms with van der Waals surface area (Å²) in [6.07, 6.45) is 0.168. The van der Waals surface area contributed by atoms with Crippen LogP contribution in [0.25, 0.3) is 0 Å². The summed E-state index contributed by atoms with van der Waals surface area (Å²) in [5.74, 6) is 0.408. The molecule has 0 radical (unpaired) electrons. The number of halogens is 1. The summed E-state index contributed by atoms with van der Waals surface area (Å²) >= 11 is 3.40. The topological polar surface area (TPSA) is 61.4 Å². The van der Waals surface area contributed by atoms with Crippen LogP contribution in [0.1, 0.15) is 25.8 Å². The van der Waals surface area contributed by atoms with E-state index in [9.17, 15) is 9.90 Å². The summed E-state index contributed by atoms with van der Waals surface area (Å²) in [7, 11) is 0. The molecule has 0 fully saturated rings. The first-order valence-corrected chi connectivity index (χ1v) is 7.17. The van der Waals surface area contributed by atoms with E-state index >= 15 is 0 Å². The SMILES string of the molecule is Cc1ccc(NC(=O)NCC(O)CC(C)C)c(Br)c1. The van der Waals surface area contributed by atoms with Gasteiger partial charge in [0.1, 0.15) is 0 Å². The van der Waals surface area contributed by atoms with Gasteiger partial charge in [0.25, 0.3) is 0 Å². The fourth-order valence-electron chi connectivity index (χ4n) is 1.73. The van der Waals surface area contributed by atoms with Gasteiger partial charge in [-0.3, -0.25) is 0 Å². The monoisotopic (exact) mass is 328 g/mol. The fraction of sp³-hybridized carbons (Fsp3) is 0.500. The van der Waals surface area contributed by atoms with Crippen LogP contribution in [0.4, 0.5) is 10.5 Å². The van der Waals surface area contributed by atoms with Crippen LogP contribution in [0.5, 0.6) is 0 Å². The van der Waals surface area contributed by atoms with Gasteiger partial charge in [-0.15, -0.1) is 0 Å². The van der Waals surface area contributed by atoms with E-state index in [-0.39, 0.29) is 12.6 Å². The van der Waals surface area contributed by atoms with Crippen LogP contribution >= 0.6 is 15.9 Å². The number of carbonyl (C=O) groups excluding carboxylic acids is 1. The summed E-state index contributed by atoms with van der Waals surface area (Å²) in [6, 6.07) is 5.38. The van der Waals surface area contributed by atoms with Crippen molar-refractivity contribution >= 4 is 27.6 Å². The van der Waals surface area contributed by atoms with Crippen LogP contribution in [0.3, 0.4) is 0 Å². The van der Waals surface area contributed by atoms with E-state index in [0.717, 1.165) is 10.0 Å². The Morgan fingerprint density at radius 1 is 1.42 bits per heavy atom. The van der Waals surface area contributed by atoms with E-state index in [4.69, 9.17) is 0 Å².